The number of methoxy groups -OCH3 is 1. The van der Waals surface area contributed by atoms with E-state index in [2.05, 4.69) is 10.6 Å². The molecule has 0 saturated carbocycles. The van der Waals surface area contributed by atoms with Gasteiger partial charge < -0.3 is 15.4 Å². The molecule has 1 rings (SSSR count). The lowest BCUT2D eigenvalue weighted by atomic mass is 10.2. The second-order valence-corrected chi connectivity index (χ2v) is 4.72. The largest absolute Gasteiger partial charge is 0.378 e. The Labute approximate surface area is 95.5 Å². The lowest BCUT2D eigenvalue weighted by molar-refractivity contribution is -0.121. The summed E-state index contributed by atoms with van der Waals surface area (Å²) in [5, 5.41) is 6.30. The normalized spacial score (nSPS) is 27.7. The van der Waals surface area contributed by atoms with Crippen molar-refractivity contribution in [3.8, 4) is 0 Å². The van der Waals surface area contributed by atoms with Gasteiger partial charge in [0.15, 0.2) is 0 Å². The molecule has 0 radical (unpaired) electrons. The van der Waals surface area contributed by atoms with Crippen molar-refractivity contribution in [2.45, 2.75) is 30.7 Å². The fourth-order valence-electron chi connectivity index (χ4n) is 1.78. The van der Waals surface area contributed by atoms with E-state index >= 15 is 0 Å². The standard InChI is InChI=1S/C10H20N2O2S/c1-4-9(15-3)10(13)12-7-5-11-6-8(7)14-2/h7-9,11H,4-6H2,1-3H3,(H,12,13)/t7-,8-,9+/m0/s1. The Morgan fingerprint density at radius 2 is 2.40 bits per heavy atom. The smallest absolute Gasteiger partial charge is 0.233 e. The number of hydrogen-bond acceptors (Lipinski definition) is 4. The molecular formula is C10H20N2O2S. The second kappa shape index (κ2) is 6.35. The quantitative estimate of drug-likeness (QED) is 0.712. The van der Waals surface area contributed by atoms with Crippen molar-refractivity contribution in [3.63, 3.8) is 0 Å². The van der Waals surface area contributed by atoms with Crippen molar-refractivity contribution >= 4 is 17.7 Å². The van der Waals surface area contributed by atoms with Gasteiger partial charge in [0.1, 0.15) is 0 Å². The maximum atomic E-state index is 11.8. The minimum Gasteiger partial charge on any atom is -0.378 e. The minimum absolute atomic E-state index is 0.0584. The van der Waals surface area contributed by atoms with Crippen molar-refractivity contribution in [1.29, 1.82) is 0 Å². The Kier molecular flexibility index (Phi) is 5.42. The topological polar surface area (TPSA) is 50.4 Å². The van der Waals surface area contributed by atoms with Gasteiger partial charge in [-0.3, -0.25) is 4.79 Å². The Morgan fingerprint density at radius 3 is 2.93 bits per heavy atom. The van der Waals surface area contributed by atoms with Gasteiger partial charge in [-0.1, -0.05) is 6.92 Å². The molecule has 2 N–H and O–H groups in total. The Hall–Kier alpha value is -0.260. The SMILES string of the molecule is CC[C@@H](SC)C(=O)N[C@H]1CNC[C@@H]1OC. The van der Waals surface area contributed by atoms with Crippen LogP contribution in [0.1, 0.15) is 13.3 Å². The fraction of sp³-hybridized carbons (Fsp3) is 0.900. The third-order valence-corrected chi connectivity index (χ3v) is 3.85. The lowest BCUT2D eigenvalue weighted by Crippen LogP contribution is -2.46. The van der Waals surface area contributed by atoms with Crippen molar-refractivity contribution < 1.29 is 9.53 Å². The zero-order valence-electron chi connectivity index (χ0n) is 9.58. The van der Waals surface area contributed by atoms with E-state index in [0.29, 0.717) is 0 Å². The van der Waals surface area contributed by atoms with E-state index in [9.17, 15) is 4.79 Å². The second-order valence-electron chi connectivity index (χ2n) is 3.68. The number of ether oxygens (including phenoxy) is 1. The van der Waals surface area contributed by atoms with Gasteiger partial charge in [-0.25, -0.2) is 0 Å². The maximum absolute atomic E-state index is 11.8. The van der Waals surface area contributed by atoms with Crippen LogP contribution in [0.5, 0.6) is 0 Å². The van der Waals surface area contributed by atoms with Crippen LogP contribution in [-0.4, -0.2) is 49.8 Å². The molecule has 0 unspecified atom stereocenters. The van der Waals surface area contributed by atoms with Crippen molar-refractivity contribution in [2.75, 3.05) is 26.5 Å². The molecule has 0 aliphatic carbocycles. The molecule has 4 nitrogen and oxygen atoms in total. The van der Waals surface area contributed by atoms with Crippen molar-refractivity contribution in [3.05, 3.63) is 0 Å². The van der Waals surface area contributed by atoms with E-state index in [1.54, 1.807) is 18.9 Å². The third-order valence-electron chi connectivity index (χ3n) is 2.74. The molecule has 1 amide bonds. The first-order valence-electron chi connectivity index (χ1n) is 5.29. The number of carbonyl (C=O) groups is 1. The zero-order valence-corrected chi connectivity index (χ0v) is 10.4. The summed E-state index contributed by atoms with van der Waals surface area (Å²) in [6.45, 7) is 3.65. The molecule has 1 fully saturated rings. The first-order chi connectivity index (χ1) is 7.22. The van der Waals surface area contributed by atoms with Crippen molar-refractivity contribution in [1.82, 2.24) is 10.6 Å². The molecule has 1 heterocycles. The summed E-state index contributed by atoms with van der Waals surface area (Å²) in [7, 11) is 1.68. The number of hydrogen-bond donors (Lipinski definition) is 2. The molecule has 3 atom stereocenters. The summed E-state index contributed by atoms with van der Waals surface area (Å²) in [4.78, 5) is 11.8. The molecule has 0 aromatic rings. The van der Waals surface area contributed by atoms with E-state index in [4.69, 9.17) is 4.74 Å². The van der Waals surface area contributed by atoms with E-state index in [0.717, 1.165) is 19.5 Å². The van der Waals surface area contributed by atoms with E-state index in [1.165, 1.54) is 0 Å². The van der Waals surface area contributed by atoms with Gasteiger partial charge in [-0.2, -0.15) is 11.8 Å². The summed E-state index contributed by atoms with van der Waals surface area (Å²) >= 11 is 1.60. The van der Waals surface area contributed by atoms with Crippen LogP contribution in [0.15, 0.2) is 0 Å². The summed E-state index contributed by atoms with van der Waals surface area (Å²) in [5.41, 5.74) is 0. The predicted octanol–water partition coefficient (Wildman–Crippen LogP) is 0.231. The number of rotatable bonds is 5. The highest BCUT2D eigenvalue weighted by Gasteiger charge is 2.29. The highest BCUT2D eigenvalue weighted by atomic mass is 32.2. The minimum atomic E-state index is 0.0584. The van der Waals surface area contributed by atoms with Gasteiger partial charge in [-0.15, -0.1) is 0 Å². The van der Waals surface area contributed by atoms with Gasteiger partial charge in [0.05, 0.1) is 17.4 Å². The molecule has 88 valence electrons. The van der Waals surface area contributed by atoms with Crippen LogP contribution in [0.25, 0.3) is 0 Å². The highest BCUT2D eigenvalue weighted by Crippen LogP contribution is 2.12. The van der Waals surface area contributed by atoms with Crippen LogP contribution in [0.2, 0.25) is 0 Å². The molecule has 1 aliphatic rings. The average Bonchev–Trinajstić information content (AvgIpc) is 2.67. The summed E-state index contributed by atoms with van der Waals surface area (Å²) < 4.78 is 5.29. The van der Waals surface area contributed by atoms with Gasteiger partial charge in [0, 0.05) is 20.2 Å². The summed E-state index contributed by atoms with van der Waals surface area (Å²) in [5.74, 6) is 0.126. The molecule has 0 bridgehead atoms. The molecule has 5 heteroatoms. The molecule has 1 saturated heterocycles. The van der Waals surface area contributed by atoms with E-state index in [-0.39, 0.29) is 23.3 Å². The first kappa shape index (κ1) is 12.8. The monoisotopic (exact) mass is 232 g/mol. The summed E-state index contributed by atoms with van der Waals surface area (Å²) in [6.07, 6.45) is 2.94. The van der Waals surface area contributed by atoms with E-state index in [1.807, 2.05) is 13.2 Å². The van der Waals surface area contributed by atoms with Gasteiger partial charge in [0.2, 0.25) is 5.91 Å². The van der Waals surface area contributed by atoms with Crippen LogP contribution < -0.4 is 10.6 Å². The number of carbonyl (C=O) groups excluding carboxylic acids is 1. The van der Waals surface area contributed by atoms with E-state index < -0.39 is 0 Å². The van der Waals surface area contributed by atoms with Crippen LogP contribution in [0.3, 0.4) is 0 Å². The molecule has 0 aromatic carbocycles. The van der Waals surface area contributed by atoms with Gasteiger partial charge in [-0.05, 0) is 12.7 Å². The van der Waals surface area contributed by atoms with Gasteiger partial charge in [0.25, 0.3) is 0 Å². The molecule has 0 spiro atoms. The third kappa shape index (κ3) is 3.36. The molecular weight excluding hydrogens is 212 g/mol. The lowest BCUT2D eigenvalue weighted by Gasteiger charge is -2.21. The molecule has 0 aromatic heterocycles. The zero-order chi connectivity index (χ0) is 11.3. The van der Waals surface area contributed by atoms with Crippen LogP contribution in [-0.2, 0) is 9.53 Å². The Morgan fingerprint density at radius 1 is 1.67 bits per heavy atom. The van der Waals surface area contributed by atoms with Crippen molar-refractivity contribution in [2.24, 2.45) is 0 Å². The average molecular weight is 232 g/mol. The predicted molar refractivity (Wildman–Crippen MR) is 63.2 cm³/mol. The van der Waals surface area contributed by atoms with Crippen LogP contribution >= 0.6 is 11.8 Å². The summed E-state index contributed by atoms with van der Waals surface area (Å²) in [6, 6.07) is 0.115. The maximum Gasteiger partial charge on any atom is 0.233 e. The number of amides is 1. The Balaban J connectivity index is 2.42. The Bertz CT molecular complexity index is 210. The van der Waals surface area contributed by atoms with Crippen LogP contribution in [0, 0.1) is 0 Å². The first-order valence-corrected chi connectivity index (χ1v) is 6.58. The molecule has 15 heavy (non-hydrogen) atoms. The number of thioether (sulfide) groups is 1. The fourth-order valence-corrected chi connectivity index (χ4v) is 2.40. The molecule has 1 aliphatic heterocycles. The highest BCUT2D eigenvalue weighted by molar-refractivity contribution is 7.99. The number of nitrogens with one attached hydrogen (secondary N) is 2. The van der Waals surface area contributed by atoms with Crippen LogP contribution in [0.4, 0.5) is 0 Å². The van der Waals surface area contributed by atoms with Gasteiger partial charge >= 0.3 is 0 Å².